The molecule has 0 radical (unpaired) electrons. The number of hydrogen-bond acceptors (Lipinski definition) is 3. The lowest BCUT2D eigenvalue weighted by atomic mass is 9.94. The van der Waals surface area contributed by atoms with Crippen LogP contribution in [0.5, 0.6) is 0 Å². The lowest BCUT2D eigenvalue weighted by Gasteiger charge is -2.33. The van der Waals surface area contributed by atoms with Crippen LogP contribution in [-0.2, 0) is 10.0 Å². The molecule has 0 N–H and O–H groups in total. The molecule has 1 saturated carbocycles. The highest BCUT2D eigenvalue weighted by atomic mass is 79.9. The Morgan fingerprint density at radius 2 is 2.12 bits per heavy atom. The van der Waals surface area contributed by atoms with E-state index in [1.807, 2.05) is 6.92 Å². The average molecular weight is 324 g/mol. The largest absolute Gasteiger partial charge is 0.244 e. The predicted octanol–water partition coefficient (Wildman–Crippen LogP) is 2.99. The number of nitrogens with zero attached hydrogens (tertiary/aromatic N) is 1. The van der Waals surface area contributed by atoms with Gasteiger partial charge in [-0.05, 0) is 41.8 Å². The minimum absolute atomic E-state index is 0.197. The van der Waals surface area contributed by atoms with Gasteiger partial charge in [-0.2, -0.15) is 4.31 Å². The van der Waals surface area contributed by atoms with Gasteiger partial charge in [-0.1, -0.05) is 6.42 Å². The average Bonchev–Trinajstić information content (AvgIpc) is 2.42. The van der Waals surface area contributed by atoms with Gasteiger partial charge in [0.2, 0.25) is 10.0 Å². The van der Waals surface area contributed by atoms with Gasteiger partial charge in [-0.3, -0.25) is 0 Å². The third-order valence-corrected chi connectivity index (χ3v) is 6.81. The highest BCUT2D eigenvalue weighted by molar-refractivity contribution is 9.11. The van der Waals surface area contributed by atoms with E-state index in [1.54, 1.807) is 13.1 Å². The zero-order chi connectivity index (χ0) is 11.9. The zero-order valence-electron chi connectivity index (χ0n) is 9.23. The quantitative estimate of drug-likeness (QED) is 0.857. The van der Waals surface area contributed by atoms with Gasteiger partial charge in [0, 0.05) is 18.0 Å². The molecule has 1 aromatic rings. The van der Waals surface area contributed by atoms with E-state index in [2.05, 4.69) is 15.9 Å². The van der Waals surface area contributed by atoms with Crippen LogP contribution in [0.25, 0.3) is 0 Å². The molecular weight excluding hydrogens is 310 g/mol. The zero-order valence-corrected chi connectivity index (χ0v) is 12.5. The van der Waals surface area contributed by atoms with E-state index in [1.165, 1.54) is 15.6 Å². The lowest BCUT2D eigenvalue weighted by Crippen LogP contribution is -2.41. The minimum atomic E-state index is -3.30. The first-order chi connectivity index (χ1) is 7.43. The van der Waals surface area contributed by atoms with Gasteiger partial charge in [0.05, 0.1) is 8.68 Å². The number of aryl methyl sites for hydroxylation is 1. The van der Waals surface area contributed by atoms with Crippen LogP contribution in [0.2, 0.25) is 0 Å². The summed E-state index contributed by atoms with van der Waals surface area (Å²) in [6.07, 6.45) is 3.11. The molecule has 1 aliphatic carbocycles. The van der Waals surface area contributed by atoms with Crippen LogP contribution in [0.3, 0.4) is 0 Å². The molecule has 6 heteroatoms. The summed E-state index contributed by atoms with van der Waals surface area (Å²) in [4.78, 5) is 1.29. The molecule has 0 bridgehead atoms. The molecule has 0 aromatic carbocycles. The van der Waals surface area contributed by atoms with Crippen LogP contribution >= 0.6 is 27.3 Å². The highest BCUT2D eigenvalue weighted by Crippen LogP contribution is 2.34. The number of rotatable bonds is 3. The molecule has 90 valence electrons. The number of halogens is 1. The third kappa shape index (κ3) is 2.08. The molecule has 0 unspecified atom stereocenters. The molecule has 3 nitrogen and oxygen atoms in total. The summed E-state index contributed by atoms with van der Waals surface area (Å²) in [5.41, 5.74) is 0. The Balaban J connectivity index is 2.34. The normalized spacial score (nSPS) is 17.8. The fourth-order valence-corrected chi connectivity index (χ4v) is 5.59. The van der Waals surface area contributed by atoms with Crippen molar-refractivity contribution in [1.82, 2.24) is 4.31 Å². The van der Waals surface area contributed by atoms with E-state index in [0.717, 1.165) is 27.9 Å². The van der Waals surface area contributed by atoms with Crippen molar-refractivity contribution >= 4 is 37.3 Å². The molecule has 2 rings (SSSR count). The summed E-state index contributed by atoms with van der Waals surface area (Å²) in [5, 5.41) is 0. The lowest BCUT2D eigenvalue weighted by molar-refractivity contribution is 0.249. The molecule has 1 heterocycles. The van der Waals surface area contributed by atoms with E-state index < -0.39 is 10.0 Å². The Kier molecular flexibility index (Phi) is 3.45. The van der Waals surface area contributed by atoms with Crippen molar-refractivity contribution in [3.63, 3.8) is 0 Å². The maximum Gasteiger partial charge on any atom is 0.244 e. The van der Waals surface area contributed by atoms with Crippen molar-refractivity contribution in [3.05, 3.63) is 14.7 Å². The SMILES string of the molecule is Cc1sc(Br)cc1S(=O)(=O)N(C)C1CCC1. The van der Waals surface area contributed by atoms with E-state index in [0.29, 0.717) is 4.90 Å². The van der Waals surface area contributed by atoms with E-state index in [9.17, 15) is 8.42 Å². The first kappa shape index (κ1) is 12.5. The van der Waals surface area contributed by atoms with Crippen molar-refractivity contribution in [1.29, 1.82) is 0 Å². The summed E-state index contributed by atoms with van der Waals surface area (Å²) >= 11 is 4.79. The van der Waals surface area contributed by atoms with E-state index in [-0.39, 0.29) is 6.04 Å². The first-order valence-corrected chi connectivity index (χ1v) is 8.22. The van der Waals surface area contributed by atoms with Crippen molar-refractivity contribution in [2.75, 3.05) is 7.05 Å². The van der Waals surface area contributed by atoms with Gasteiger partial charge in [0.15, 0.2) is 0 Å². The van der Waals surface area contributed by atoms with Crippen molar-refractivity contribution in [2.45, 2.75) is 37.1 Å². The first-order valence-electron chi connectivity index (χ1n) is 5.17. The molecule has 0 atom stereocenters. The van der Waals surface area contributed by atoms with Crippen LogP contribution in [0.4, 0.5) is 0 Å². The van der Waals surface area contributed by atoms with Crippen LogP contribution in [0.15, 0.2) is 14.7 Å². The molecule has 1 aromatic heterocycles. The van der Waals surface area contributed by atoms with Crippen LogP contribution in [0, 0.1) is 6.92 Å². The Labute approximate surface area is 109 Å². The van der Waals surface area contributed by atoms with Gasteiger partial charge in [-0.15, -0.1) is 11.3 Å². The summed E-state index contributed by atoms with van der Waals surface area (Å²) in [7, 11) is -1.61. The van der Waals surface area contributed by atoms with Gasteiger partial charge in [-0.25, -0.2) is 8.42 Å². The number of thiophene rings is 1. The Morgan fingerprint density at radius 1 is 1.50 bits per heavy atom. The van der Waals surface area contributed by atoms with Gasteiger partial charge < -0.3 is 0 Å². The number of sulfonamides is 1. The standard InChI is InChI=1S/C10H14BrNO2S2/c1-7-9(6-10(11)15-7)16(13,14)12(2)8-4-3-5-8/h6,8H,3-5H2,1-2H3. The summed E-state index contributed by atoms with van der Waals surface area (Å²) in [5.74, 6) is 0. The molecule has 0 amide bonds. The van der Waals surface area contributed by atoms with E-state index >= 15 is 0 Å². The number of hydrogen-bond donors (Lipinski definition) is 0. The van der Waals surface area contributed by atoms with Gasteiger partial charge >= 0.3 is 0 Å². The molecule has 0 spiro atoms. The summed E-state index contributed by atoms with van der Waals surface area (Å²) in [6, 6.07) is 1.90. The summed E-state index contributed by atoms with van der Waals surface area (Å²) < 4.78 is 27.0. The van der Waals surface area contributed by atoms with Crippen LogP contribution in [0.1, 0.15) is 24.1 Å². The van der Waals surface area contributed by atoms with Crippen LogP contribution < -0.4 is 0 Å². The summed E-state index contributed by atoms with van der Waals surface area (Å²) in [6.45, 7) is 1.84. The van der Waals surface area contributed by atoms with Crippen LogP contribution in [-0.4, -0.2) is 25.8 Å². The third-order valence-electron chi connectivity index (χ3n) is 3.09. The van der Waals surface area contributed by atoms with Gasteiger partial charge in [0.1, 0.15) is 0 Å². The molecule has 1 aliphatic rings. The second kappa shape index (κ2) is 4.40. The Hall–Kier alpha value is 0.0900. The molecule has 0 aliphatic heterocycles. The second-order valence-electron chi connectivity index (χ2n) is 4.08. The minimum Gasteiger partial charge on any atom is -0.207 e. The maximum atomic E-state index is 12.3. The molecular formula is C10H14BrNO2S2. The monoisotopic (exact) mass is 323 g/mol. The van der Waals surface area contributed by atoms with Gasteiger partial charge in [0.25, 0.3) is 0 Å². The molecule has 1 fully saturated rings. The smallest absolute Gasteiger partial charge is 0.207 e. The maximum absolute atomic E-state index is 12.3. The van der Waals surface area contributed by atoms with Crippen molar-refractivity contribution in [3.8, 4) is 0 Å². The van der Waals surface area contributed by atoms with Crippen molar-refractivity contribution in [2.24, 2.45) is 0 Å². The van der Waals surface area contributed by atoms with Crippen molar-refractivity contribution < 1.29 is 8.42 Å². The topological polar surface area (TPSA) is 37.4 Å². The fraction of sp³-hybridized carbons (Fsp3) is 0.600. The Morgan fingerprint density at radius 3 is 2.50 bits per heavy atom. The fourth-order valence-electron chi connectivity index (χ4n) is 1.79. The highest BCUT2D eigenvalue weighted by Gasteiger charge is 2.33. The second-order valence-corrected chi connectivity index (χ2v) is 8.68. The molecule has 0 saturated heterocycles. The van der Waals surface area contributed by atoms with E-state index in [4.69, 9.17) is 0 Å². The predicted molar refractivity (Wildman–Crippen MR) is 69.3 cm³/mol. The molecule has 16 heavy (non-hydrogen) atoms. The Bertz CT molecular complexity index is 491.